The summed E-state index contributed by atoms with van der Waals surface area (Å²) in [5.74, 6) is -0.983. The number of esters is 1. The Morgan fingerprint density at radius 3 is 2.40 bits per heavy atom. The topological polar surface area (TPSA) is 126 Å². The Balaban J connectivity index is 1.60. The molecule has 0 bridgehead atoms. The molecule has 1 fully saturated rings. The smallest absolute Gasteiger partial charge is 0.349 e. The van der Waals surface area contributed by atoms with Gasteiger partial charge in [-0.1, -0.05) is 31.0 Å². The first-order valence-corrected chi connectivity index (χ1v) is 12.6. The highest BCUT2D eigenvalue weighted by Crippen LogP contribution is 2.23. The summed E-state index contributed by atoms with van der Waals surface area (Å²) < 4.78 is 37.5. The van der Waals surface area contributed by atoms with Gasteiger partial charge in [-0.15, -0.1) is 0 Å². The Labute approximate surface area is 205 Å². The summed E-state index contributed by atoms with van der Waals surface area (Å²) >= 11 is 0. The Hall–Kier alpha value is -3.68. The first-order chi connectivity index (χ1) is 16.8. The van der Waals surface area contributed by atoms with Gasteiger partial charge in [0.05, 0.1) is 12.0 Å². The minimum atomic E-state index is -3.67. The van der Waals surface area contributed by atoms with Crippen LogP contribution in [0.5, 0.6) is 5.75 Å². The standard InChI is InChI=1S/C25H27N3O6S/c1-33-22-11-9-19(10-12-22)15-20(17-26)25(30)34-18-24(29)27-21-7-6-8-23(16-21)35(31,32)28-13-4-2-3-5-14-28/h6-12,15-16H,2-5,13-14,18H2,1H3,(H,27,29)/b20-15+. The first kappa shape index (κ1) is 25.9. The van der Waals surface area contributed by atoms with Crippen molar-refractivity contribution >= 4 is 33.7 Å². The van der Waals surface area contributed by atoms with Gasteiger partial charge in [0.1, 0.15) is 17.4 Å². The first-order valence-electron chi connectivity index (χ1n) is 11.2. The van der Waals surface area contributed by atoms with E-state index in [1.807, 2.05) is 0 Å². The van der Waals surface area contributed by atoms with Crippen LogP contribution in [0.25, 0.3) is 6.08 Å². The van der Waals surface area contributed by atoms with Crippen LogP contribution >= 0.6 is 0 Å². The van der Waals surface area contributed by atoms with E-state index in [-0.39, 0.29) is 16.2 Å². The zero-order chi connectivity index (χ0) is 25.3. The van der Waals surface area contributed by atoms with Gasteiger partial charge in [-0.2, -0.15) is 9.57 Å². The van der Waals surface area contributed by atoms with Crippen molar-refractivity contribution in [3.8, 4) is 11.8 Å². The number of nitriles is 1. The summed E-state index contributed by atoms with van der Waals surface area (Å²) in [6.45, 7) is 0.309. The van der Waals surface area contributed by atoms with Gasteiger partial charge in [0, 0.05) is 18.8 Å². The van der Waals surface area contributed by atoms with E-state index in [2.05, 4.69) is 5.32 Å². The van der Waals surface area contributed by atoms with E-state index in [1.54, 1.807) is 36.4 Å². The molecule has 2 aromatic carbocycles. The second-order valence-electron chi connectivity index (χ2n) is 7.91. The maximum Gasteiger partial charge on any atom is 0.349 e. The molecule has 0 radical (unpaired) electrons. The number of rotatable bonds is 8. The number of amides is 1. The van der Waals surface area contributed by atoms with Crippen LogP contribution < -0.4 is 10.1 Å². The molecule has 1 amide bonds. The summed E-state index contributed by atoms with van der Waals surface area (Å²) in [4.78, 5) is 24.6. The summed E-state index contributed by atoms with van der Waals surface area (Å²) in [5.41, 5.74) is 0.580. The summed E-state index contributed by atoms with van der Waals surface area (Å²) in [6, 6.07) is 14.4. The molecule has 3 rings (SSSR count). The Bertz CT molecular complexity index is 1220. The minimum absolute atomic E-state index is 0.0865. The lowest BCUT2D eigenvalue weighted by Gasteiger charge is -2.20. The normalized spacial score (nSPS) is 14.9. The Morgan fingerprint density at radius 1 is 1.09 bits per heavy atom. The highest BCUT2D eigenvalue weighted by atomic mass is 32.2. The van der Waals surface area contributed by atoms with Crippen molar-refractivity contribution in [3.05, 3.63) is 59.7 Å². The van der Waals surface area contributed by atoms with Crippen molar-refractivity contribution in [1.29, 1.82) is 5.26 Å². The molecule has 1 heterocycles. The quantitative estimate of drug-likeness (QED) is 0.337. The lowest BCUT2D eigenvalue weighted by atomic mass is 10.1. The largest absolute Gasteiger partial charge is 0.497 e. The average Bonchev–Trinajstić information content (AvgIpc) is 3.17. The van der Waals surface area contributed by atoms with E-state index in [9.17, 15) is 23.3 Å². The number of methoxy groups -OCH3 is 1. The van der Waals surface area contributed by atoms with Gasteiger partial charge < -0.3 is 14.8 Å². The molecule has 1 saturated heterocycles. The third-order valence-electron chi connectivity index (χ3n) is 5.42. The van der Waals surface area contributed by atoms with Gasteiger partial charge in [0.25, 0.3) is 5.91 Å². The summed E-state index contributed by atoms with van der Waals surface area (Å²) in [6.07, 6.45) is 4.99. The zero-order valence-corrected chi connectivity index (χ0v) is 20.2. The van der Waals surface area contributed by atoms with Crippen LogP contribution in [-0.4, -0.2) is 51.4 Å². The van der Waals surface area contributed by atoms with Crippen LogP contribution in [0.2, 0.25) is 0 Å². The predicted octanol–water partition coefficient (Wildman–Crippen LogP) is 3.35. The van der Waals surface area contributed by atoms with Crippen LogP contribution in [0.3, 0.4) is 0 Å². The van der Waals surface area contributed by atoms with Gasteiger partial charge in [-0.05, 0) is 54.8 Å². The van der Waals surface area contributed by atoms with E-state index >= 15 is 0 Å². The average molecular weight is 498 g/mol. The number of carbonyl (C=O) groups excluding carboxylic acids is 2. The van der Waals surface area contributed by atoms with Gasteiger partial charge in [0.15, 0.2) is 6.61 Å². The number of carbonyl (C=O) groups is 2. The lowest BCUT2D eigenvalue weighted by molar-refractivity contribution is -0.142. The van der Waals surface area contributed by atoms with Crippen LogP contribution in [0.15, 0.2) is 59.0 Å². The van der Waals surface area contributed by atoms with Gasteiger partial charge in [0.2, 0.25) is 10.0 Å². The third-order valence-corrected chi connectivity index (χ3v) is 7.32. The molecular weight excluding hydrogens is 470 g/mol. The number of anilines is 1. The predicted molar refractivity (Wildman–Crippen MR) is 130 cm³/mol. The molecule has 2 aromatic rings. The summed E-state index contributed by atoms with van der Waals surface area (Å²) in [7, 11) is -2.15. The molecule has 0 spiro atoms. The Morgan fingerprint density at radius 2 is 1.77 bits per heavy atom. The van der Waals surface area contributed by atoms with Crippen molar-refractivity contribution in [1.82, 2.24) is 4.31 Å². The van der Waals surface area contributed by atoms with Crippen molar-refractivity contribution < 1.29 is 27.5 Å². The lowest BCUT2D eigenvalue weighted by Crippen LogP contribution is -2.32. The maximum atomic E-state index is 13.0. The van der Waals surface area contributed by atoms with Gasteiger partial charge in [-0.3, -0.25) is 4.79 Å². The van der Waals surface area contributed by atoms with Gasteiger partial charge >= 0.3 is 5.97 Å². The van der Waals surface area contributed by atoms with Crippen molar-refractivity contribution in [2.24, 2.45) is 0 Å². The SMILES string of the molecule is COc1ccc(/C=C(\C#N)C(=O)OCC(=O)Nc2cccc(S(=O)(=O)N3CCCCCC3)c2)cc1. The highest BCUT2D eigenvalue weighted by Gasteiger charge is 2.25. The number of hydrogen-bond acceptors (Lipinski definition) is 7. The molecule has 1 N–H and O–H groups in total. The Kier molecular flexibility index (Phi) is 9.00. The van der Waals surface area contributed by atoms with Crippen molar-refractivity contribution in [3.63, 3.8) is 0 Å². The van der Waals surface area contributed by atoms with Crippen LogP contribution in [0, 0.1) is 11.3 Å². The minimum Gasteiger partial charge on any atom is -0.497 e. The fourth-order valence-electron chi connectivity index (χ4n) is 3.57. The van der Waals surface area contributed by atoms with Crippen LogP contribution in [-0.2, 0) is 24.3 Å². The van der Waals surface area contributed by atoms with Crippen molar-refractivity contribution in [2.45, 2.75) is 30.6 Å². The van der Waals surface area contributed by atoms with E-state index in [0.29, 0.717) is 24.4 Å². The number of nitrogens with zero attached hydrogens (tertiary/aromatic N) is 2. The van der Waals surface area contributed by atoms with E-state index in [0.717, 1.165) is 25.7 Å². The number of ether oxygens (including phenoxy) is 2. The van der Waals surface area contributed by atoms with E-state index in [1.165, 1.54) is 35.7 Å². The fourth-order valence-corrected chi connectivity index (χ4v) is 5.14. The van der Waals surface area contributed by atoms with Gasteiger partial charge in [-0.25, -0.2) is 13.2 Å². The number of sulfonamides is 1. The molecule has 1 aliphatic rings. The number of benzene rings is 2. The number of nitrogens with one attached hydrogen (secondary N) is 1. The monoisotopic (exact) mass is 497 g/mol. The fraction of sp³-hybridized carbons (Fsp3) is 0.320. The summed E-state index contributed by atoms with van der Waals surface area (Å²) in [5, 5.41) is 11.8. The van der Waals surface area contributed by atoms with E-state index < -0.39 is 28.5 Å². The molecule has 0 atom stereocenters. The molecule has 9 nitrogen and oxygen atoms in total. The third kappa shape index (κ3) is 7.15. The molecular formula is C25H27N3O6S. The molecule has 35 heavy (non-hydrogen) atoms. The zero-order valence-electron chi connectivity index (χ0n) is 19.4. The molecule has 184 valence electrons. The van der Waals surface area contributed by atoms with E-state index in [4.69, 9.17) is 9.47 Å². The second kappa shape index (κ2) is 12.1. The number of hydrogen-bond donors (Lipinski definition) is 1. The molecule has 0 aliphatic carbocycles. The second-order valence-corrected chi connectivity index (χ2v) is 9.85. The molecule has 10 heteroatoms. The molecule has 0 unspecified atom stereocenters. The molecule has 0 aromatic heterocycles. The van der Waals surface area contributed by atoms with Crippen LogP contribution in [0.1, 0.15) is 31.2 Å². The van der Waals surface area contributed by atoms with Crippen molar-refractivity contribution in [2.75, 3.05) is 32.1 Å². The maximum absolute atomic E-state index is 13.0. The molecule has 0 saturated carbocycles. The van der Waals surface area contributed by atoms with Crippen LogP contribution in [0.4, 0.5) is 5.69 Å². The molecule has 1 aliphatic heterocycles. The highest BCUT2D eigenvalue weighted by molar-refractivity contribution is 7.89.